The highest BCUT2D eigenvalue weighted by Gasteiger charge is 2.27. The van der Waals surface area contributed by atoms with Gasteiger partial charge < -0.3 is 10.2 Å². The Bertz CT molecular complexity index is 912. The number of nitrogens with one attached hydrogen (secondary N) is 1. The Morgan fingerprint density at radius 2 is 1.87 bits per heavy atom. The zero-order valence-corrected chi connectivity index (χ0v) is 18.6. The molecular weight excluding hydrogens is 396 g/mol. The topological polar surface area (TPSA) is 65.5 Å². The van der Waals surface area contributed by atoms with Crippen molar-refractivity contribution in [3.05, 3.63) is 45.4 Å². The van der Waals surface area contributed by atoms with Gasteiger partial charge in [0.25, 0.3) is 5.91 Å². The minimum Gasteiger partial charge on any atom is -0.339 e. The van der Waals surface area contributed by atoms with E-state index in [2.05, 4.69) is 20.6 Å². The predicted molar refractivity (Wildman–Crippen MR) is 120 cm³/mol. The van der Waals surface area contributed by atoms with Crippen LogP contribution in [0, 0.1) is 19.8 Å². The Morgan fingerprint density at radius 1 is 1.13 bits per heavy atom. The van der Waals surface area contributed by atoms with E-state index in [-0.39, 0.29) is 17.7 Å². The molecule has 0 aliphatic carbocycles. The van der Waals surface area contributed by atoms with Gasteiger partial charge in [-0.25, -0.2) is 4.98 Å². The highest BCUT2D eigenvalue weighted by molar-refractivity contribution is 7.09. The predicted octanol–water partition coefficient (Wildman–Crippen LogP) is 3.85. The smallest absolute Gasteiger partial charge is 0.254 e. The van der Waals surface area contributed by atoms with Crippen LogP contribution >= 0.6 is 11.3 Å². The Hall–Kier alpha value is -2.25. The van der Waals surface area contributed by atoms with E-state index in [4.69, 9.17) is 0 Å². The molecule has 0 unspecified atom stereocenters. The summed E-state index contributed by atoms with van der Waals surface area (Å²) in [6.45, 7) is 8.28. The van der Waals surface area contributed by atoms with Crippen molar-refractivity contribution >= 4 is 28.8 Å². The largest absolute Gasteiger partial charge is 0.339 e. The van der Waals surface area contributed by atoms with E-state index < -0.39 is 0 Å². The van der Waals surface area contributed by atoms with Crippen molar-refractivity contribution in [1.29, 1.82) is 0 Å². The van der Waals surface area contributed by atoms with Gasteiger partial charge in [-0.2, -0.15) is 0 Å². The molecule has 1 aromatic heterocycles. The van der Waals surface area contributed by atoms with Crippen molar-refractivity contribution in [3.63, 3.8) is 0 Å². The third-order valence-electron chi connectivity index (χ3n) is 6.23. The third kappa shape index (κ3) is 4.73. The van der Waals surface area contributed by atoms with Gasteiger partial charge in [0.15, 0.2) is 0 Å². The summed E-state index contributed by atoms with van der Waals surface area (Å²) in [5.41, 5.74) is 3.43. The third-order valence-corrected chi connectivity index (χ3v) is 7.05. The molecule has 0 spiro atoms. The molecule has 6 nitrogen and oxygen atoms in total. The molecule has 7 heteroatoms. The van der Waals surface area contributed by atoms with Gasteiger partial charge in [-0.05, 0) is 70.3 Å². The van der Waals surface area contributed by atoms with E-state index in [1.165, 1.54) is 0 Å². The van der Waals surface area contributed by atoms with Crippen molar-refractivity contribution in [2.45, 2.75) is 46.1 Å². The number of hydrogen-bond donors (Lipinski definition) is 1. The number of likely N-dealkylation sites (tertiary alicyclic amines) is 2. The molecule has 0 atom stereocenters. The first-order valence-corrected chi connectivity index (χ1v) is 11.7. The lowest BCUT2D eigenvalue weighted by Crippen LogP contribution is -2.38. The number of anilines is 1. The fourth-order valence-electron chi connectivity index (χ4n) is 4.39. The van der Waals surface area contributed by atoms with Crippen LogP contribution in [0.2, 0.25) is 0 Å². The minimum atomic E-state index is 0.00996. The summed E-state index contributed by atoms with van der Waals surface area (Å²) < 4.78 is 0. The quantitative estimate of drug-likeness (QED) is 0.789. The Balaban J connectivity index is 1.34. The zero-order chi connectivity index (χ0) is 21.1. The van der Waals surface area contributed by atoms with E-state index in [1.54, 1.807) is 11.3 Å². The number of rotatable bonds is 5. The van der Waals surface area contributed by atoms with Crippen LogP contribution in [0.25, 0.3) is 0 Å². The average Bonchev–Trinajstić information content (AvgIpc) is 3.42. The van der Waals surface area contributed by atoms with Crippen LogP contribution in [-0.2, 0) is 11.3 Å². The fourth-order valence-corrected chi connectivity index (χ4v) is 5.00. The van der Waals surface area contributed by atoms with Gasteiger partial charge in [0.2, 0.25) is 5.91 Å². The van der Waals surface area contributed by atoms with Gasteiger partial charge in [0.1, 0.15) is 0 Å². The second-order valence-electron chi connectivity index (χ2n) is 8.37. The summed E-state index contributed by atoms with van der Waals surface area (Å²) in [6.07, 6.45) is 3.84. The molecule has 2 aliphatic heterocycles. The van der Waals surface area contributed by atoms with Gasteiger partial charge in [0, 0.05) is 42.2 Å². The number of benzene rings is 1. The molecule has 4 rings (SSSR count). The first kappa shape index (κ1) is 21.0. The van der Waals surface area contributed by atoms with Crippen LogP contribution in [-0.4, -0.2) is 52.8 Å². The molecule has 3 heterocycles. The van der Waals surface area contributed by atoms with Gasteiger partial charge in [-0.3, -0.25) is 14.5 Å². The number of hydrogen-bond acceptors (Lipinski definition) is 5. The highest BCUT2D eigenvalue weighted by Crippen LogP contribution is 2.25. The molecule has 2 fully saturated rings. The number of piperidine rings is 1. The first-order chi connectivity index (χ1) is 14.5. The number of nitrogens with zero attached hydrogens (tertiary/aromatic N) is 3. The van der Waals surface area contributed by atoms with Crippen LogP contribution in [0.15, 0.2) is 23.6 Å². The molecule has 1 N–H and O–H groups in total. The summed E-state index contributed by atoms with van der Waals surface area (Å²) in [4.78, 5) is 34.5. The lowest BCUT2D eigenvalue weighted by Gasteiger charge is -2.31. The van der Waals surface area contributed by atoms with E-state index in [9.17, 15) is 9.59 Å². The maximum Gasteiger partial charge on any atom is 0.254 e. The van der Waals surface area contributed by atoms with Crippen LogP contribution in [0.5, 0.6) is 0 Å². The number of carbonyl (C=O) groups is 2. The van der Waals surface area contributed by atoms with E-state index in [0.29, 0.717) is 5.56 Å². The lowest BCUT2D eigenvalue weighted by molar-refractivity contribution is -0.121. The molecule has 2 aromatic rings. The first-order valence-electron chi connectivity index (χ1n) is 10.8. The molecular formula is C23H30N4O2S. The van der Waals surface area contributed by atoms with Crippen molar-refractivity contribution in [1.82, 2.24) is 14.8 Å². The molecule has 1 aromatic carbocycles. The molecule has 0 radical (unpaired) electrons. The molecule has 0 saturated carbocycles. The van der Waals surface area contributed by atoms with E-state index >= 15 is 0 Å². The Labute approximate surface area is 182 Å². The van der Waals surface area contributed by atoms with Crippen molar-refractivity contribution in [3.8, 4) is 0 Å². The summed E-state index contributed by atoms with van der Waals surface area (Å²) in [5, 5.41) is 6.31. The monoisotopic (exact) mass is 426 g/mol. The maximum atomic E-state index is 12.9. The normalized spacial score (nSPS) is 18.0. The number of aryl methyl sites for hydroxylation is 1. The molecule has 160 valence electrons. The second-order valence-corrected chi connectivity index (χ2v) is 9.44. The van der Waals surface area contributed by atoms with Gasteiger partial charge in [0.05, 0.1) is 10.7 Å². The molecule has 0 bridgehead atoms. The number of amides is 2. The van der Waals surface area contributed by atoms with Gasteiger partial charge in [-0.1, -0.05) is 6.07 Å². The SMILES string of the molecule is Cc1nc(CN2CCC(C(=O)Nc3cccc(C(=O)N4CCCC4)c3C)CC2)cs1. The average molecular weight is 427 g/mol. The van der Waals surface area contributed by atoms with Crippen molar-refractivity contribution in [2.75, 3.05) is 31.5 Å². The molecule has 2 saturated heterocycles. The van der Waals surface area contributed by atoms with Gasteiger partial charge in [-0.15, -0.1) is 11.3 Å². The Morgan fingerprint density at radius 3 is 2.53 bits per heavy atom. The zero-order valence-electron chi connectivity index (χ0n) is 17.8. The van der Waals surface area contributed by atoms with Gasteiger partial charge >= 0.3 is 0 Å². The van der Waals surface area contributed by atoms with E-state index in [1.807, 2.05) is 36.9 Å². The molecule has 30 heavy (non-hydrogen) atoms. The maximum absolute atomic E-state index is 12.9. The summed E-state index contributed by atoms with van der Waals surface area (Å²) >= 11 is 1.68. The van der Waals surface area contributed by atoms with Crippen molar-refractivity contribution < 1.29 is 9.59 Å². The second kappa shape index (κ2) is 9.27. The van der Waals surface area contributed by atoms with E-state index in [0.717, 1.165) is 80.4 Å². The highest BCUT2D eigenvalue weighted by atomic mass is 32.1. The summed E-state index contributed by atoms with van der Waals surface area (Å²) in [5.74, 6) is 0.149. The van der Waals surface area contributed by atoms with Crippen LogP contribution in [0.1, 0.15) is 52.3 Å². The van der Waals surface area contributed by atoms with Crippen molar-refractivity contribution in [2.24, 2.45) is 5.92 Å². The lowest BCUT2D eigenvalue weighted by atomic mass is 9.95. The number of carbonyl (C=O) groups excluding carboxylic acids is 2. The molecule has 2 aliphatic rings. The number of aromatic nitrogens is 1. The van der Waals surface area contributed by atoms with Crippen LogP contribution in [0.3, 0.4) is 0 Å². The summed E-state index contributed by atoms with van der Waals surface area (Å²) in [6, 6.07) is 5.63. The van der Waals surface area contributed by atoms with Crippen LogP contribution < -0.4 is 5.32 Å². The fraction of sp³-hybridized carbons (Fsp3) is 0.522. The number of thiazole rings is 1. The standard InChI is InChI=1S/C23H30N4O2S/c1-16-20(23(29)27-10-3-4-11-27)6-5-7-21(16)25-22(28)18-8-12-26(13-9-18)14-19-15-30-17(2)24-19/h5-7,15,18H,3-4,8-14H2,1-2H3,(H,25,28). The Kier molecular flexibility index (Phi) is 6.49. The molecule has 2 amide bonds. The summed E-state index contributed by atoms with van der Waals surface area (Å²) in [7, 11) is 0. The van der Waals surface area contributed by atoms with Crippen LogP contribution in [0.4, 0.5) is 5.69 Å². The minimum absolute atomic E-state index is 0.00996.